The molecule has 0 unspecified atom stereocenters. The topological polar surface area (TPSA) is 78.9 Å². The maximum atomic E-state index is 11.6. The molecular formula is C13H14ClN5O. The minimum Gasteiger partial charge on any atom is -0.352 e. The molecule has 0 saturated carbocycles. The van der Waals surface area contributed by atoms with Crippen LogP contribution < -0.4 is 16.0 Å². The number of aromatic nitrogens is 2. The van der Waals surface area contributed by atoms with Crippen LogP contribution in [0.4, 0.5) is 16.4 Å². The molecule has 0 fully saturated rings. The smallest absolute Gasteiger partial charge is 0.319 e. The first kappa shape index (κ1) is 14.1. The van der Waals surface area contributed by atoms with Crippen LogP contribution in [0.5, 0.6) is 0 Å². The number of nitrogens with zero attached hydrogens (tertiary/aromatic N) is 2. The molecule has 2 rings (SSSR count). The van der Waals surface area contributed by atoms with Crippen molar-refractivity contribution in [1.29, 1.82) is 0 Å². The van der Waals surface area contributed by atoms with E-state index in [0.29, 0.717) is 29.7 Å². The highest BCUT2D eigenvalue weighted by Gasteiger charge is 2.01. The third-order valence-corrected chi connectivity index (χ3v) is 2.58. The molecule has 0 aliphatic heterocycles. The number of hydrogen-bond acceptors (Lipinski definition) is 4. The summed E-state index contributed by atoms with van der Waals surface area (Å²) in [4.78, 5) is 19.6. The molecule has 2 amide bonds. The molecule has 1 aromatic heterocycles. The number of anilines is 2. The Labute approximate surface area is 121 Å². The van der Waals surface area contributed by atoms with Gasteiger partial charge in [0.1, 0.15) is 0 Å². The fraction of sp³-hybridized carbons (Fsp3) is 0.154. The lowest BCUT2D eigenvalue weighted by atomic mass is 10.3. The van der Waals surface area contributed by atoms with E-state index < -0.39 is 0 Å². The van der Waals surface area contributed by atoms with Crippen LogP contribution in [0.3, 0.4) is 0 Å². The van der Waals surface area contributed by atoms with Crippen molar-refractivity contribution in [3.05, 3.63) is 47.7 Å². The summed E-state index contributed by atoms with van der Waals surface area (Å²) < 4.78 is 0. The number of carbonyl (C=O) groups excluding carboxylic acids is 1. The summed E-state index contributed by atoms with van der Waals surface area (Å²) in [7, 11) is 0. The van der Waals surface area contributed by atoms with E-state index in [2.05, 4.69) is 25.9 Å². The predicted molar refractivity (Wildman–Crippen MR) is 79.0 cm³/mol. The molecule has 1 aromatic carbocycles. The summed E-state index contributed by atoms with van der Waals surface area (Å²) in [5.41, 5.74) is 0.648. The summed E-state index contributed by atoms with van der Waals surface area (Å²) in [6.45, 7) is 0.984. The molecule has 0 radical (unpaired) electrons. The molecule has 1 heterocycles. The predicted octanol–water partition coefficient (Wildman–Crippen LogP) is 2.36. The Morgan fingerprint density at radius 3 is 2.70 bits per heavy atom. The molecule has 7 heteroatoms. The third kappa shape index (κ3) is 4.74. The average Bonchev–Trinajstić information content (AvgIpc) is 2.45. The normalized spacial score (nSPS) is 9.85. The van der Waals surface area contributed by atoms with E-state index in [0.717, 1.165) is 0 Å². The molecule has 2 aromatic rings. The van der Waals surface area contributed by atoms with Gasteiger partial charge in [0.2, 0.25) is 5.95 Å². The largest absolute Gasteiger partial charge is 0.352 e. The maximum Gasteiger partial charge on any atom is 0.319 e. The molecule has 3 N–H and O–H groups in total. The lowest BCUT2D eigenvalue weighted by Gasteiger charge is -2.08. The van der Waals surface area contributed by atoms with Gasteiger partial charge in [-0.05, 0) is 24.3 Å². The number of halogens is 1. The Balaban J connectivity index is 1.68. The lowest BCUT2D eigenvalue weighted by Crippen LogP contribution is -2.32. The second-order valence-electron chi connectivity index (χ2n) is 3.89. The van der Waals surface area contributed by atoms with Gasteiger partial charge in [-0.2, -0.15) is 0 Å². The quantitative estimate of drug-likeness (QED) is 0.739. The number of nitrogens with one attached hydrogen (secondary N) is 3. The number of benzene rings is 1. The second-order valence-corrected chi connectivity index (χ2v) is 4.33. The zero-order chi connectivity index (χ0) is 14.2. The van der Waals surface area contributed by atoms with Crippen LogP contribution in [0.2, 0.25) is 5.02 Å². The molecule has 0 bridgehead atoms. The van der Waals surface area contributed by atoms with E-state index in [-0.39, 0.29) is 6.03 Å². The Bertz CT molecular complexity index is 564. The zero-order valence-electron chi connectivity index (χ0n) is 10.6. The Hall–Kier alpha value is -2.34. The molecule has 20 heavy (non-hydrogen) atoms. The van der Waals surface area contributed by atoms with E-state index in [1.807, 2.05) is 0 Å². The summed E-state index contributed by atoms with van der Waals surface area (Å²) in [6.07, 6.45) is 3.29. The minimum atomic E-state index is -0.289. The molecule has 6 nitrogen and oxygen atoms in total. The summed E-state index contributed by atoms with van der Waals surface area (Å²) in [5.74, 6) is 0.532. The van der Waals surface area contributed by atoms with Crippen molar-refractivity contribution >= 4 is 29.3 Å². The van der Waals surface area contributed by atoms with Gasteiger partial charge in [-0.3, -0.25) is 0 Å². The number of amides is 2. The number of rotatable bonds is 5. The van der Waals surface area contributed by atoms with Crippen LogP contribution in [0.15, 0.2) is 42.7 Å². The van der Waals surface area contributed by atoms with Crippen molar-refractivity contribution in [2.75, 3.05) is 23.7 Å². The molecule has 0 spiro atoms. The first-order valence-electron chi connectivity index (χ1n) is 6.05. The van der Waals surface area contributed by atoms with E-state index in [4.69, 9.17) is 11.6 Å². The molecular weight excluding hydrogens is 278 g/mol. The van der Waals surface area contributed by atoms with Crippen molar-refractivity contribution in [2.24, 2.45) is 0 Å². The number of urea groups is 1. The van der Waals surface area contributed by atoms with Gasteiger partial charge in [0.15, 0.2) is 0 Å². The monoisotopic (exact) mass is 291 g/mol. The first-order valence-corrected chi connectivity index (χ1v) is 6.43. The van der Waals surface area contributed by atoms with E-state index in [9.17, 15) is 4.79 Å². The van der Waals surface area contributed by atoms with Gasteiger partial charge in [0.25, 0.3) is 0 Å². The van der Waals surface area contributed by atoms with Gasteiger partial charge in [0, 0.05) is 36.2 Å². The zero-order valence-corrected chi connectivity index (χ0v) is 11.4. The molecule has 0 aliphatic rings. The van der Waals surface area contributed by atoms with E-state index in [1.54, 1.807) is 42.7 Å². The highest BCUT2D eigenvalue weighted by atomic mass is 35.5. The van der Waals surface area contributed by atoms with Crippen molar-refractivity contribution in [3.63, 3.8) is 0 Å². The van der Waals surface area contributed by atoms with Crippen LogP contribution in [-0.2, 0) is 0 Å². The van der Waals surface area contributed by atoms with Crippen LogP contribution in [0.25, 0.3) is 0 Å². The number of carbonyl (C=O) groups is 1. The van der Waals surface area contributed by atoms with Crippen molar-refractivity contribution in [3.8, 4) is 0 Å². The minimum absolute atomic E-state index is 0.289. The first-order chi connectivity index (χ1) is 9.74. The third-order valence-electron chi connectivity index (χ3n) is 2.34. The van der Waals surface area contributed by atoms with Gasteiger partial charge < -0.3 is 16.0 Å². The Kier molecular flexibility index (Phi) is 5.14. The fourth-order valence-electron chi connectivity index (χ4n) is 1.48. The van der Waals surface area contributed by atoms with E-state index in [1.165, 1.54) is 0 Å². The molecule has 0 aliphatic carbocycles. The molecule has 104 valence electrons. The Morgan fingerprint density at radius 2 is 1.95 bits per heavy atom. The van der Waals surface area contributed by atoms with Crippen LogP contribution in [0.1, 0.15) is 0 Å². The summed E-state index contributed by atoms with van der Waals surface area (Å²) >= 11 is 5.83. The maximum absolute atomic E-state index is 11.6. The van der Waals surface area contributed by atoms with Gasteiger partial charge in [-0.25, -0.2) is 14.8 Å². The van der Waals surface area contributed by atoms with Crippen molar-refractivity contribution in [1.82, 2.24) is 15.3 Å². The fourth-order valence-corrected chi connectivity index (χ4v) is 1.67. The van der Waals surface area contributed by atoms with Crippen LogP contribution in [-0.4, -0.2) is 29.1 Å². The highest BCUT2D eigenvalue weighted by Crippen LogP contribution is 2.14. The van der Waals surface area contributed by atoms with Gasteiger partial charge in [-0.1, -0.05) is 17.7 Å². The summed E-state index contributed by atoms with van der Waals surface area (Å²) in [5, 5.41) is 8.96. The Morgan fingerprint density at radius 1 is 1.15 bits per heavy atom. The van der Waals surface area contributed by atoms with Crippen molar-refractivity contribution < 1.29 is 4.79 Å². The van der Waals surface area contributed by atoms with Gasteiger partial charge in [-0.15, -0.1) is 0 Å². The SMILES string of the molecule is O=C(NCCNc1ncccn1)Nc1cccc(Cl)c1. The van der Waals surface area contributed by atoms with Crippen molar-refractivity contribution in [2.45, 2.75) is 0 Å². The average molecular weight is 292 g/mol. The molecule has 0 atom stereocenters. The molecule has 0 saturated heterocycles. The standard InChI is InChI=1S/C13H14ClN5O/c14-10-3-1-4-11(9-10)19-13(20)18-8-7-17-12-15-5-2-6-16-12/h1-6,9H,7-8H2,(H,15,16,17)(H2,18,19,20). The van der Waals surface area contributed by atoms with Gasteiger partial charge in [0.05, 0.1) is 0 Å². The summed E-state index contributed by atoms with van der Waals surface area (Å²) in [6, 6.07) is 8.41. The van der Waals surface area contributed by atoms with Gasteiger partial charge >= 0.3 is 6.03 Å². The number of hydrogen-bond donors (Lipinski definition) is 3. The lowest BCUT2D eigenvalue weighted by molar-refractivity contribution is 0.252. The highest BCUT2D eigenvalue weighted by molar-refractivity contribution is 6.30. The van der Waals surface area contributed by atoms with Crippen LogP contribution >= 0.6 is 11.6 Å². The van der Waals surface area contributed by atoms with E-state index >= 15 is 0 Å². The second kappa shape index (κ2) is 7.30. The van der Waals surface area contributed by atoms with Crippen LogP contribution in [0, 0.1) is 0 Å².